The summed E-state index contributed by atoms with van der Waals surface area (Å²) in [6.07, 6.45) is 0.732. The lowest BCUT2D eigenvalue weighted by Gasteiger charge is -2.15. The number of para-hydroxylation sites is 1. The van der Waals surface area contributed by atoms with Gasteiger partial charge in [-0.1, -0.05) is 67.6 Å². The van der Waals surface area contributed by atoms with Gasteiger partial charge in [-0.2, -0.15) is 0 Å². The highest BCUT2D eigenvalue weighted by Gasteiger charge is 2.18. The molecule has 0 saturated heterocycles. The van der Waals surface area contributed by atoms with Crippen molar-refractivity contribution in [1.29, 1.82) is 0 Å². The Balaban J connectivity index is 1.62. The lowest BCUT2D eigenvalue weighted by atomic mass is 9.95. The molecule has 0 spiro atoms. The van der Waals surface area contributed by atoms with Crippen molar-refractivity contribution in [3.63, 3.8) is 0 Å². The van der Waals surface area contributed by atoms with Crippen LogP contribution in [0.2, 0.25) is 0 Å². The predicted molar refractivity (Wildman–Crippen MR) is 112 cm³/mol. The Morgan fingerprint density at radius 3 is 2.21 bits per heavy atom. The normalized spacial score (nSPS) is 11.5. The molecule has 0 unspecified atom stereocenters. The minimum Gasteiger partial charge on any atom is -0.351 e. The fraction of sp³-hybridized carbons (Fsp3) is 0.167. The summed E-state index contributed by atoms with van der Waals surface area (Å²) in [6, 6.07) is 26.4. The summed E-state index contributed by atoms with van der Waals surface area (Å²) >= 11 is 0. The maximum atomic E-state index is 12.6. The zero-order chi connectivity index (χ0) is 19.8. The van der Waals surface area contributed by atoms with Gasteiger partial charge in [-0.05, 0) is 41.8 Å². The van der Waals surface area contributed by atoms with E-state index in [9.17, 15) is 9.59 Å². The number of carbonyl (C=O) groups is 2. The van der Waals surface area contributed by atoms with E-state index in [0.29, 0.717) is 12.1 Å². The molecule has 0 radical (unpaired) electrons. The van der Waals surface area contributed by atoms with Crippen molar-refractivity contribution in [1.82, 2.24) is 5.32 Å². The Labute approximate surface area is 165 Å². The average molecular weight is 372 g/mol. The quantitative estimate of drug-likeness (QED) is 0.629. The van der Waals surface area contributed by atoms with Gasteiger partial charge in [0.25, 0.3) is 5.91 Å². The lowest BCUT2D eigenvalue weighted by molar-refractivity contribution is -0.122. The van der Waals surface area contributed by atoms with Gasteiger partial charge >= 0.3 is 0 Å². The maximum Gasteiger partial charge on any atom is 0.255 e. The molecule has 1 atom stereocenters. The third-order valence-electron chi connectivity index (χ3n) is 4.61. The fourth-order valence-electron chi connectivity index (χ4n) is 3.12. The Kier molecular flexibility index (Phi) is 6.58. The topological polar surface area (TPSA) is 58.2 Å². The van der Waals surface area contributed by atoms with Crippen LogP contribution in [0.3, 0.4) is 0 Å². The second-order valence-corrected chi connectivity index (χ2v) is 6.61. The minimum atomic E-state index is -0.175. The van der Waals surface area contributed by atoms with Crippen molar-refractivity contribution in [3.8, 4) is 0 Å². The van der Waals surface area contributed by atoms with Gasteiger partial charge < -0.3 is 10.6 Å². The molecule has 28 heavy (non-hydrogen) atoms. The standard InChI is InChI=1S/C24H24N2O2/c1-2-22(19-11-5-3-6-12-19)24(28)25-17-18-10-9-13-20(16-18)23(27)26-21-14-7-4-8-15-21/h3-16,22H,2,17H2,1H3,(H,25,28)(H,26,27)/t22-/m0/s1. The predicted octanol–water partition coefficient (Wildman–Crippen LogP) is 4.75. The van der Waals surface area contributed by atoms with Crippen LogP contribution >= 0.6 is 0 Å². The van der Waals surface area contributed by atoms with Gasteiger partial charge in [0.1, 0.15) is 0 Å². The Morgan fingerprint density at radius 1 is 0.857 bits per heavy atom. The second kappa shape index (κ2) is 9.51. The van der Waals surface area contributed by atoms with Crippen LogP contribution in [0.1, 0.15) is 40.7 Å². The van der Waals surface area contributed by atoms with Crippen LogP contribution in [0.25, 0.3) is 0 Å². The molecular weight excluding hydrogens is 348 g/mol. The first kappa shape index (κ1) is 19.4. The minimum absolute atomic E-state index is 0.00663. The number of hydrogen-bond donors (Lipinski definition) is 2. The van der Waals surface area contributed by atoms with E-state index in [1.807, 2.05) is 85.8 Å². The molecule has 142 valence electrons. The van der Waals surface area contributed by atoms with Crippen LogP contribution in [0.5, 0.6) is 0 Å². The zero-order valence-corrected chi connectivity index (χ0v) is 15.9. The molecule has 0 fully saturated rings. The largest absolute Gasteiger partial charge is 0.351 e. The summed E-state index contributed by atoms with van der Waals surface area (Å²) in [5.74, 6) is -0.353. The van der Waals surface area contributed by atoms with Crippen LogP contribution < -0.4 is 10.6 Å². The smallest absolute Gasteiger partial charge is 0.255 e. The first-order chi connectivity index (χ1) is 13.7. The molecular formula is C24H24N2O2. The zero-order valence-electron chi connectivity index (χ0n) is 15.9. The molecule has 0 aliphatic rings. The van der Waals surface area contributed by atoms with Gasteiger partial charge in [-0.3, -0.25) is 9.59 Å². The molecule has 0 aliphatic heterocycles. The molecule has 0 aromatic heterocycles. The van der Waals surface area contributed by atoms with Crippen molar-refractivity contribution in [3.05, 3.63) is 102 Å². The van der Waals surface area contributed by atoms with Crippen LogP contribution in [0, 0.1) is 0 Å². The number of anilines is 1. The molecule has 2 N–H and O–H groups in total. The second-order valence-electron chi connectivity index (χ2n) is 6.61. The van der Waals surface area contributed by atoms with Gasteiger partial charge in [0, 0.05) is 17.8 Å². The highest BCUT2D eigenvalue weighted by atomic mass is 16.2. The van der Waals surface area contributed by atoms with Gasteiger partial charge in [0.05, 0.1) is 5.92 Å². The first-order valence-electron chi connectivity index (χ1n) is 9.45. The summed E-state index contributed by atoms with van der Waals surface area (Å²) in [5.41, 5.74) is 3.21. The summed E-state index contributed by atoms with van der Waals surface area (Å²) in [7, 11) is 0. The van der Waals surface area contributed by atoms with Crippen LogP contribution in [-0.2, 0) is 11.3 Å². The molecule has 3 rings (SSSR count). The number of rotatable bonds is 7. The van der Waals surface area contributed by atoms with Gasteiger partial charge in [-0.25, -0.2) is 0 Å². The van der Waals surface area contributed by atoms with Crippen LogP contribution in [-0.4, -0.2) is 11.8 Å². The Morgan fingerprint density at radius 2 is 1.54 bits per heavy atom. The fourth-order valence-corrected chi connectivity index (χ4v) is 3.12. The highest BCUT2D eigenvalue weighted by molar-refractivity contribution is 6.04. The summed E-state index contributed by atoms with van der Waals surface area (Å²) in [5, 5.41) is 5.87. The van der Waals surface area contributed by atoms with E-state index in [1.54, 1.807) is 6.07 Å². The number of nitrogens with one attached hydrogen (secondary N) is 2. The SMILES string of the molecule is CC[C@H](C(=O)NCc1cccc(C(=O)Nc2ccccc2)c1)c1ccccc1. The van der Waals surface area contributed by atoms with Crippen molar-refractivity contribution < 1.29 is 9.59 Å². The number of benzene rings is 3. The third-order valence-corrected chi connectivity index (χ3v) is 4.61. The molecule has 3 aromatic carbocycles. The van der Waals surface area contributed by atoms with E-state index < -0.39 is 0 Å². The van der Waals surface area contributed by atoms with Crippen molar-refractivity contribution in [2.75, 3.05) is 5.32 Å². The summed E-state index contributed by atoms with van der Waals surface area (Å²) < 4.78 is 0. The van der Waals surface area contributed by atoms with Crippen molar-refractivity contribution >= 4 is 17.5 Å². The van der Waals surface area contributed by atoms with Crippen LogP contribution in [0.15, 0.2) is 84.9 Å². The molecule has 0 bridgehead atoms. The molecule has 0 saturated carbocycles. The van der Waals surface area contributed by atoms with E-state index in [4.69, 9.17) is 0 Å². The molecule has 4 nitrogen and oxygen atoms in total. The molecule has 0 heterocycles. The summed E-state index contributed by atoms with van der Waals surface area (Å²) in [4.78, 5) is 25.1. The van der Waals surface area contributed by atoms with E-state index in [-0.39, 0.29) is 17.7 Å². The Bertz CT molecular complexity index is 924. The van der Waals surface area contributed by atoms with Gasteiger partial charge in [0.15, 0.2) is 0 Å². The number of carbonyl (C=O) groups excluding carboxylic acids is 2. The number of hydrogen-bond acceptors (Lipinski definition) is 2. The Hall–Kier alpha value is -3.40. The van der Waals surface area contributed by atoms with E-state index in [1.165, 1.54) is 0 Å². The highest BCUT2D eigenvalue weighted by Crippen LogP contribution is 2.19. The molecule has 3 aromatic rings. The lowest BCUT2D eigenvalue weighted by Crippen LogP contribution is -2.28. The van der Waals surface area contributed by atoms with E-state index in [2.05, 4.69) is 10.6 Å². The molecule has 2 amide bonds. The maximum absolute atomic E-state index is 12.6. The van der Waals surface area contributed by atoms with Crippen molar-refractivity contribution in [2.45, 2.75) is 25.8 Å². The first-order valence-corrected chi connectivity index (χ1v) is 9.45. The number of amides is 2. The van der Waals surface area contributed by atoms with E-state index >= 15 is 0 Å². The monoisotopic (exact) mass is 372 g/mol. The molecule has 0 aliphatic carbocycles. The van der Waals surface area contributed by atoms with Gasteiger partial charge in [-0.15, -0.1) is 0 Å². The average Bonchev–Trinajstić information content (AvgIpc) is 2.74. The van der Waals surface area contributed by atoms with Crippen LogP contribution in [0.4, 0.5) is 5.69 Å². The van der Waals surface area contributed by atoms with Crippen molar-refractivity contribution in [2.24, 2.45) is 0 Å². The molecule has 4 heteroatoms. The summed E-state index contributed by atoms with van der Waals surface area (Å²) in [6.45, 7) is 2.39. The van der Waals surface area contributed by atoms with Gasteiger partial charge in [0.2, 0.25) is 5.91 Å². The third kappa shape index (κ3) is 5.07. The van der Waals surface area contributed by atoms with E-state index in [0.717, 1.165) is 23.2 Å².